The van der Waals surface area contributed by atoms with Gasteiger partial charge in [0, 0.05) is 0 Å². The first kappa shape index (κ1) is 15.2. The number of ether oxygens (including phenoxy) is 1. The Morgan fingerprint density at radius 2 is 2.05 bits per heavy atom. The molecule has 0 fully saturated rings. The number of aryl methyl sites for hydroxylation is 1. The van der Waals surface area contributed by atoms with Gasteiger partial charge in [-0.1, -0.05) is 36.3 Å². The van der Waals surface area contributed by atoms with Crippen LogP contribution in [0.1, 0.15) is 41.5 Å². The predicted octanol–water partition coefficient (Wildman–Crippen LogP) is 2.82. The average Bonchev–Trinajstić information content (AvgIpc) is 2.89. The molecule has 0 saturated carbocycles. The molecule has 0 radical (unpaired) electrons. The normalized spacial score (nSPS) is 10.6. The van der Waals surface area contributed by atoms with Gasteiger partial charge in [-0.15, -0.1) is 5.10 Å². The van der Waals surface area contributed by atoms with Crippen LogP contribution in [0.2, 0.25) is 0 Å². The molecule has 5 heteroatoms. The quantitative estimate of drug-likeness (QED) is 0.701. The lowest BCUT2D eigenvalue weighted by Gasteiger charge is -2.08. The van der Waals surface area contributed by atoms with E-state index in [1.165, 1.54) is 5.56 Å². The minimum absolute atomic E-state index is 0.443. The number of hydrogen-bond donors (Lipinski definition) is 0. The Kier molecular flexibility index (Phi) is 5.49. The Morgan fingerprint density at radius 1 is 1.29 bits per heavy atom. The summed E-state index contributed by atoms with van der Waals surface area (Å²) in [6.07, 6.45) is 3.69. The highest BCUT2D eigenvalue weighted by molar-refractivity contribution is 5.73. The third kappa shape index (κ3) is 4.15. The van der Waals surface area contributed by atoms with Crippen molar-refractivity contribution in [2.75, 3.05) is 6.61 Å². The van der Waals surface area contributed by atoms with Gasteiger partial charge in [0.2, 0.25) is 0 Å². The Labute approximate surface area is 124 Å². The molecule has 0 bridgehead atoms. The molecule has 112 valence electrons. The number of unbranched alkanes of at least 4 members (excludes halogenated alkanes) is 1. The van der Waals surface area contributed by atoms with Gasteiger partial charge in [0.1, 0.15) is 18.1 Å². The number of carbonyl (C=O) groups is 1. The fraction of sp³-hybridized carbons (Fsp3) is 0.438. The highest BCUT2D eigenvalue weighted by Gasteiger charge is 2.11. The summed E-state index contributed by atoms with van der Waals surface area (Å²) in [5.74, 6) is 0.839. The van der Waals surface area contributed by atoms with E-state index in [1.54, 1.807) is 4.68 Å². The fourth-order valence-corrected chi connectivity index (χ4v) is 2.10. The summed E-state index contributed by atoms with van der Waals surface area (Å²) in [6.45, 7) is 5.26. The van der Waals surface area contributed by atoms with E-state index >= 15 is 0 Å². The second-order valence-corrected chi connectivity index (χ2v) is 5.03. The molecule has 0 aliphatic rings. The molecule has 0 saturated heterocycles. The summed E-state index contributed by atoms with van der Waals surface area (Å²) in [6, 6.07) is 7.93. The van der Waals surface area contributed by atoms with Crippen LogP contribution in [0.25, 0.3) is 0 Å². The number of aldehydes is 1. The van der Waals surface area contributed by atoms with Crippen LogP contribution in [-0.4, -0.2) is 27.9 Å². The number of aromatic nitrogens is 3. The van der Waals surface area contributed by atoms with Gasteiger partial charge in [0.25, 0.3) is 0 Å². The van der Waals surface area contributed by atoms with E-state index in [9.17, 15) is 4.79 Å². The first-order chi connectivity index (χ1) is 10.2. The molecular formula is C16H21N3O2. The van der Waals surface area contributed by atoms with Crippen LogP contribution in [-0.2, 0) is 13.0 Å². The maximum atomic E-state index is 11.0. The Hall–Kier alpha value is -2.17. The molecule has 0 N–H and O–H groups in total. The molecular weight excluding hydrogens is 266 g/mol. The van der Waals surface area contributed by atoms with Crippen molar-refractivity contribution in [3.8, 4) is 5.75 Å². The smallest absolute Gasteiger partial charge is 0.172 e. The van der Waals surface area contributed by atoms with Gasteiger partial charge < -0.3 is 4.74 Å². The van der Waals surface area contributed by atoms with Crippen LogP contribution in [0.4, 0.5) is 0 Å². The zero-order valence-electron chi connectivity index (χ0n) is 12.6. The van der Waals surface area contributed by atoms with E-state index in [1.807, 2.05) is 31.2 Å². The molecule has 5 nitrogen and oxygen atoms in total. The minimum Gasteiger partial charge on any atom is -0.492 e. The van der Waals surface area contributed by atoms with Crippen LogP contribution in [0.15, 0.2) is 24.3 Å². The Balaban J connectivity index is 1.94. The SMILES string of the molecule is CCCCc1c(C=O)nnn1CCOc1ccc(C)cc1. The minimum atomic E-state index is 0.443. The van der Waals surface area contributed by atoms with Crippen LogP contribution in [0.5, 0.6) is 5.75 Å². The third-order valence-electron chi connectivity index (χ3n) is 3.34. The number of carbonyl (C=O) groups excluding carboxylic acids is 1. The van der Waals surface area contributed by atoms with Crippen molar-refractivity contribution < 1.29 is 9.53 Å². The summed E-state index contributed by atoms with van der Waals surface area (Å²) < 4.78 is 7.46. The van der Waals surface area contributed by atoms with Crippen molar-refractivity contribution in [2.45, 2.75) is 39.7 Å². The standard InChI is InChI=1S/C16H21N3O2/c1-3-4-5-16-15(12-20)17-18-19(16)10-11-21-14-8-6-13(2)7-9-14/h6-9,12H,3-5,10-11H2,1-2H3. The Morgan fingerprint density at radius 3 is 2.71 bits per heavy atom. The van der Waals surface area contributed by atoms with Gasteiger partial charge in [-0.3, -0.25) is 4.79 Å². The van der Waals surface area contributed by atoms with Crippen molar-refractivity contribution >= 4 is 6.29 Å². The summed E-state index contributed by atoms with van der Waals surface area (Å²) in [7, 11) is 0. The monoisotopic (exact) mass is 287 g/mol. The van der Waals surface area contributed by atoms with E-state index in [2.05, 4.69) is 17.2 Å². The average molecular weight is 287 g/mol. The van der Waals surface area contributed by atoms with E-state index in [4.69, 9.17) is 4.74 Å². The molecule has 2 aromatic rings. The maximum Gasteiger partial charge on any atom is 0.172 e. The lowest BCUT2D eigenvalue weighted by molar-refractivity contribution is 0.111. The number of hydrogen-bond acceptors (Lipinski definition) is 4. The molecule has 2 rings (SSSR count). The molecule has 1 aromatic carbocycles. The van der Waals surface area contributed by atoms with Crippen molar-refractivity contribution in [2.24, 2.45) is 0 Å². The number of benzene rings is 1. The van der Waals surface area contributed by atoms with E-state index < -0.39 is 0 Å². The fourth-order valence-electron chi connectivity index (χ4n) is 2.10. The van der Waals surface area contributed by atoms with Crippen LogP contribution in [0.3, 0.4) is 0 Å². The highest BCUT2D eigenvalue weighted by Crippen LogP contribution is 2.12. The second kappa shape index (κ2) is 7.57. The van der Waals surface area contributed by atoms with Crippen LogP contribution >= 0.6 is 0 Å². The zero-order chi connectivity index (χ0) is 15.1. The van der Waals surface area contributed by atoms with Crippen molar-refractivity contribution in [1.29, 1.82) is 0 Å². The van der Waals surface area contributed by atoms with E-state index in [0.717, 1.165) is 37.0 Å². The van der Waals surface area contributed by atoms with Crippen LogP contribution < -0.4 is 4.74 Å². The van der Waals surface area contributed by atoms with Gasteiger partial charge in [-0.25, -0.2) is 4.68 Å². The molecule has 0 unspecified atom stereocenters. The summed E-state index contributed by atoms with van der Waals surface area (Å²) in [5, 5.41) is 7.95. The molecule has 0 aliphatic heterocycles. The lowest BCUT2D eigenvalue weighted by Crippen LogP contribution is -2.13. The Bertz CT molecular complexity index is 576. The van der Waals surface area contributed by atoms with Gasteiger partial charge in [0.15, 0.2) is 6.29 Å². The molecule has 21 heavy (non-hydrogen) atoms. The molecule has 0 atom stereocenters. The van der Waals surface area contributed by atoms with Gasteiger partial charge in [-0.2, -0.15) is 0 Å². The number of rotatable bonds is 8. The molecule has 1 heterocycles. The predicted molar refractivity (Wildman–Crippen MR) is 80.7 cm³/mol. The summed E-state index contributed by atoms with van der Waals surface area (Å²) in [4.78, 5) is 11.0. The largest absolute Gasteiger partial charge is 0.492 e. The molecule has 0 aliphatic carbocycles. The second-order valence-electron chi connectivity index (χ2n) is 5.03. The lowest BCUT2D eigenvalue weighted by atomic mass is 10.2. The first-order valence-corrected chi connectivity index (χ1v) is 7.31. The zero-order valence-corrected chi connectivity index (χ0v) is 12.6. The van der Waals surface area contributed by atoms with Crippen LogP contribution in [0, 0.1) is 6.92 Å². The van der Waals surface area contributed by atoms with Crippen molar-refractivity contribution in [3.63, 3.8) is 0 Å². The number of nitrogens with zero attached hydrogens (tertiary/aromatic N) is 3. The first-order valence-electron chi connectivity index (χ1n) is 7.31. The third-order valence-corrected chi connectivity index (χ3v) is 3.34. The molecule has 1 aromatic heterocycles. The summed E-state index contributed by atoms with van der Waals surface area (Å²) in [5.41, 5.74) is 2.55. The van der Waals surface area contributed by atoms with E-state index in [-0.39, 0.29) is 0 Å². The van der Waals surface area contributed by atoms with Gasteiger partial charge in [0.05, 0.1) is 12.2 Å². The maximum absolute atomic E-state index is 11.0. The molecule has 0 spiro atoms. The van der Waals surface area contributed by atoms with Gasteiger partial charge >= 0.3 is 0 Å². The highest BCUT2D eigenvalue weighted by atomic mass is 16.5. The van der Waals surface area contributed by atoms with E-state index in [0.29, 0.717) is 18.8 Å². The summed E-state index contributed by atoms with van der Waals surface area (Å²) >= 11 is 0. The molecule has 0 amide bonds. The van der Waals surface area contributed by atoms with Crippen molar-refractivity contribution in [3.05, 3.63) is 41.2 Å². The van der Waals surface area contributed by atoms with Crippen molar-refractivity contribution in [1.82, 2.24) is 15.0 Å². The topological polar surface area (TPSA) is 57.0 Å². The van der Waals surface area contributed by atoms with Gasteiger partial charge in [-0.05, 0) is 31.9 Å².